The number of hydrogen-bond donors (Lipinski definition) is 6. The lowest BCUT2D eigenvalue weighted by atomic mass is 10.2. The Morgan fingerprint density at radius 1 is 1.17 bits per heavy atom. The van der Waals surface area contributed by atoms with Crippen LogP contribution in [-0.2, 0) is 15.6 Å². The van der Waals surface area contributed by atoms with E-state index < -0.39 is 26.7 Å². The Hall–Kier alpha value is -0.630. The molecule has 0 bridgehead atoms. The molecule has 0 aliphatic carbocycles. The molecule has 1 rings (SSSR count). The molecule has 0 spiro atoms. The van der Waals surface area contributed by atoms with Crippen LogP contribution in [0.25, 0.3) is 0 Å². The normalized spacial score (nSPS) is 12.9. The van der Waals surface area contributed by atoms with Crippen LogP contribution in [0, 0.1) is 0 Å². The van der Waals surface area contributed by atoms with Gasteiger partial charge in [-0.2, -0.15) is 0 Å². The van der Waals surface area contributed by atoms with Gasteiger partial charge < -0.3 is 30.8 Å². The fourth-order valence-corrected chi connectivity index (χ4v) is 3.29. The molecule has 1 aromatic rings. The topological polar surface area (TPSA) is 183 Å². The molecule has 0 aliphatic heterocycles. The molecular formula is C7H14N2O7P2. The van der Waals surface area contributed by atoms with Gasteiger partial charge in [-0.15, -0.1) is 0 Å². The average Bonchev–Trinajstić information content (AvgIpc) is 2.15. The fourth-order valence-electron chi connectivity index (χ4n) is 1.15. The molecule has 8 N–H and O–H groups in total. The van der Waals surface area contributed by atoms with Crippen LogP contribution in [0.1, 0.15) is 5.56 Å². The van der Waals surface area contributed by atoms with Gasteiger partial charge in [-0.25, -0.2) is 0 Å². The predicted octanol–water partition coefficient (Wildman–Crippen LogP) is -0.212. The second kappa shape index (κ2) is 5.56. The quantitative estimate of drug-likeness (QED) is 0.409. The summed E-state index contributed by atoms with van der Waals surface area (Å²) < 4.78 is 22.1. The van der Waals surface area contributed by atoms with Crippen LogP contribution in [0.15, 0.2) is 24.5 Å². The van der Waals surface area contributed by atoms with E-state index in [0.29, 0.717) is 0 Å². The maximum Gasteiger partial charge on any atom is 0.369 e. The summed E-state index contributed by atoms with van der Waals surface area (Å²) in [6.45, 7) is 0. The highest BCUT2D eigenvalue weighted by Gasteiger charge is 2.59. The van der Waals surface area contributed by atoms with Gasteiger partial charge in [0.25, 0.3) is 5.08 Å². The van der Waals surface area contributed by atoms with Gasteiger partial charge in [0, 0.05) is 18.8 Å². The zero-order valence-corrected chi connectivity index (χ0v) is 10.9. The van der Waals surface area contributed by atoms with E-state index in [1.54, 1.807) is 0 Å². The highest BCUT2D eigenvalue weighted by atomic mass is 31.2. The van der Waals surface area contributed by atoms with E-state index >= 15 is 0 Å². The monoisotopic (exact) mass is 300 g/mol. The third-order valence-electron chi connectivity index (χ3n) is 2.10. The van der Waals surface area contributed by atoms with E-state index in [-0.39, 0.29) is 11.7 Å². The lowest BCUT2D eigenvalue weighted by Crippen LogP contribution is -2.31. The van der Waals surface area contributed by atoms with Gasteiger partial charge in [0.05, 0.1) is 0 Å². The van der Waals surface area contributed by atoms with E-state index in [2.05, 4.69) is 4.98 Å². The Kier molecular flexibility index (Phi) is 5.37. The van der Waals surface area contributed by atoms with Crippen molar-refractivity contribution in [3.63, 3.8) is 0 Å². The van der Waals surface area contributed by atoms with Crippen LogP contribution in [0.4, 0.5) is 0 Å². The predicted molar refractivity (Wildman–Crippen MR) is 62.0 cm³/mol. The molecule has 0 atom stereocenters. The van der Waals surface area contributed by atoms with Gasteiger partial charge in [0.15, 0.2) is 0 Å². The van der Waals surface area contributed by atoms with Crippen LogP contribution in [-0.4, -0.2) is 34.7 Å². The molecule has 1 aromatic heterocycles. The zero-order chi connectivity index (χ0) is 13.3. The third kappa shape index (κ3) is 3.44. The number of hydrogen-bond acceptors (Lipinski definition) is 5. The zero-order valence-electron chi connectivity index (χ0n) is 9.12. The molecular weight excluding hydrogens is 286 g/mol. The molecule has 1 heterocycles. The third-order valence-corrected chi connectivity index (χ3v) is 5.84. The van der Waals surface area contributed by atoms with Gasteiger partial charge in [-0.3, -0.25) is 14.1 Å². The smallest absolute Gasteiger partial charge is 0.367 e. The van der Waals surface area contributed by atoms with E-state index in [9.17, 15) is 14.2 Å². The van der Waals surface area contributed by atoms with E-state index in [0.717, 1.165) is 6.20 Å². The second-order valence-corrected chi connectivity index (χ2v) is 7.41. The lowest BCUT2D eigenvalue weighted by Gasteiger charge is -2.29. The number of rotatable bonds is 4. The molecule has 11 heteroatoms. The number of nitrogens with zero attached hydrogens (tertiary/aromatic N) is 1. The van der Waals surface area contributed by atoms with Crippen molar-refractivity contribution in [3.05, 3.63) is 30.1 Å². The van der Waals surface area contributed by atoms with E-state index in [4.69, 9.17) is 19.6 Å². The van der Waals surface area contributed by atoms with Gasteiger partial charge in [-0.05, 0) is 11.6 Å². The van der Waals surface area contributed by atoms with E-state index in [1.807, 2.05) is 0 Å². The molecule has 0 aromatic carbocycles. The minimum atomic E-state index is -5.41. The van der Waals surface area contributed by atoms with Crippen LogP contribution in [0.5, 0.6) is 0 Å². The molecule has 0 unspecified atom stereocenters. The van der Waals surface area contributed by atoms with Crippen molar-refractivity contribution in [2.75, 3.05) is 0 Å². The van der Waals surface area contributed by atoms with E-state index in [1.165, 1.54) is 18.3 Å². The largest absolute Gasteiger partial charge is 0.369 e. The average molecular weight is 300 g/mol. The van der Waals surface area contributed by atoms with Crippen LogP contribution >= 0.6 is 15.2 Å². The first kappa shape index (κ1) is 17.4. The molecule has 0 saturated heterocycles. The molecule has 9 nitrogen and oxygen atoms in total. The van der Waals surface area contributed by atoms with Crippen molar-refractivity contribution < 1.29 is 33.8 Å². The summed E-state index contributed by atoms with van der Waals surface area (Å²) in [5.41, 5.74) is 0.0988. The summed E-state index contributed by atoms with van der Waals surface area (Å²) in [6.07, 6.45) is 1.63. The fraction of sp³-hybridized carbons (Fsp3) is 0.286. The van der Waals surface area contributed by atoms with Crippen molar-refractivity contribution in [1.82, 2.24) is 11.1 Å². The highest BCUT2D eigenvalue weighted by molar-refractivity contribution is 7.72. The van der Waals surface area contributed by atoms with Gasteiger partial charge >= 0.3 is 15.2 Å². The van der Waals surface area contributed by atoms with Crippen LogP contribution < -0.4 is 6.15 Å². The summed E-state index contributed by atoms with van der Waals surface area (Å²) in [7, 11) is -10.8. The molecule has 0 aliphatic rings. The Morgan fingerprint density at radius 2 is 1.67 bits per heavy atom. The summed E-state index contributed by atoms with van der Waals surface area (Å²) in [4.78, 5) is 39.1. The maximum absolute atomic E-state index is 11.0. The Labute approximate surface area is 102 Å². The van der Waals surface area contributed by atoms with Crippen molar-refractivity contribution in [3.8, 4) is 0 Å². The first-order chi connectivity index (χ1) is 7.58. The first-order valence-corrected chi connectivity index (χ1v) is 7.53. The first-order valence-electron chi connectivity index (χ1n) is 4.30. The summed E-state index contributed by atoms with van der Waals surface area (Å²) in [5.74, 6) is 0. The standard InChI is InChI=1S/C7H11NO7P2.H3N/c9-7(16(10,11)12,17(13,14)15)4-6-2-1-3-8-5-6;/h1-3,5,9H,4H2,(H2,10,11,12)(H2,13,14,15);1H3. The molecule has 0 radical (unpaired) electrons. The Bertz CT molecular complexity index is 460. The molecule has 0 saturated carbocycles. The summed E-state index contributed by atoms with van der Waals surface area (Å²) >= 11 is 0. The van der Waals surface area contributed by atoms with Gasteiger partial charge in [0.1, 0.15) is 0 Å². The Morgan fingerprint density at radius 3 is 2.00 bits per heavy atom. The summed E-state index contributed by atoms with van der Waals surface area (Å²) in [6, 6.07) is 2.75. The van der Waals surface area contributed by atoms with Gasteiger partial charge in [0.2, 0.25) is 0 Å². The lowest BCUT2D eigenvalue weighted by molar-refractivity contribution is 0.131. The maximum atomic E-state index is 11.0. The number of aliphatic hydroxyl groups is 1. The SMILES string of the molecule is N.O=P(O)(O)C(O)(Cc1cccnc1)P(=O)(O)O. The highest BCUT2D eigenvalue weighted by Crippen LogP contribution is 2.68. The Balaban J connectivity index is 0.00000289. The molecule has 0 fully saturated rings. The van der Waals surface area contributed by atoms with Crippen LogP contribution in [0.3, 0.4) is 0 Å². The number of aromatic nitrogens is 1. The van der Waals surface area contributed by atoms with Crippen molar-refractivity contribution in [2.24, 2.45) is 0 Å². The van der Waals surface area contributed by atoms with Crippen molar-refractivity contribution in [1.29, 1.82) is 0 Å². The second-order valence-electron chi connectivity index (χ2n) is 3.40. The minimum absolute atomic E-state index is 0. The van der Waals surface area contributed by atoms with Gasteiger partial charge in [-0.1, -0.05) is 6.07 Å². The molecule has 104 valence electrons. The van der Waals surface area contributed by atoms with Crippen molar-refractivity contribution in [2.45, 2.75) is 11.5 Å². The van der Waals surface area contributed by atoms with Crippen LogP contribution in [0.2, 0.25) is 0 Å². The molecule has 0 amide bonds. The number of pyridine rings is 1. The van der Waals surface area contributed by atoms with Crippen molar-refractivity contribution >= 4 is 15.2 Å². The minimum Gasteiger partial charge on any atom is -0.367 e. The molecule has 18 heavy (non-hydrogen) atoms. The summed E-state index contributed by atoms with van der Waals surface area (Å²) in [5, 5.41) is 6.16.